The molecule has 10 heteroatoms. The highest BCUT2D eigenvalue weighted by molar-refractivity contribution is 7.18. The van der Waals surface area contributed by atoms with E-state index in [1.165, 1.54) is 17.7 Å². The van der Waals surface area contributed by atoms with Gasteiger partial charge in [-0.25, -0.2) is 9.78 Å². The zero-order chi connectivity index (χ0) is 19.1. The molecule has 0 aliphatic carbocycles. The molecular formula is C16H19N5O4S. The van der Waals surface area contributed by atoms with E-state index < -0.39 is 23.4 Å². The van der Waals surface area contributed by atoms with Gasteiger partial charge in [-0.1, -0.05) is 13.8 Å². The molecular weight excluding hydrogens is 358 g/mol. The molecule has 138 valence electrons. The minimum absolute atomic E-state index is 0.336. The number of carbonyl (C=O) groups excluding carboxylic acids is 3. The molecule has 1 unspecified atom stereocenters. The van der Waals surface area contributed by atoms with Gasteiger partial charge in [0.15, 0.2) is 0 Å². The van der Waals surface area contributed by atoms with Gasteiger partial charge >= 0.3 is 6.03 Å². The van der Waals surface area contributed by atoms with Gasteiger partial charge in [0.05, 0.1) is 11.7 Å². The summed E-state index contributed by atoms with van der Waals surface area (Å²) in [5.74, 6) is -1.20. The maximum absolute atomic E-state index is 12.5. The minimum atomic E-state index is -1.05. The van der Waals surface area contributed by atoms with Crippen molar-refractivity contribution < 1.29 is 14.4 Å². The van der Waals surface area contributed by atoms with Gasteiger partial charge in [-0.3, -0.25) is 24.4 Å². The zero-order valence-electron chi connectivity index (χ0n) is 14.7. The molecule has 9 nitrogen and oxygen atoms in total. The number of hydrogen-bond acceptors (Lipinski definition) is 6. The number of hydrogen-bond donors (Lipinski definition) is 2. The van der Waals surface area contributed by atoms with Crippen molar-refractivity contribution in [1.29, 1.82) is 0 Å². The lowest BCUT2D eigenvalue weighted by Crippen LogP contribution is -2.49. The quantitative estimate of drug-likeness (QED) is 0.747. The van der Waals surface area contributed by atoms with Gasteiger partial charge in [-0.2, -0.15) is 5.01 Å². The van der Waals surface area contributed by atoms with Gasteiger partial charge in [0.25, 0.3) is 17.4 Å². The van der Waals surface area contributed by atoms with Crippen LogP contribution in [-0.4, -0.2) is 37.9 Å². The van der Waals surface area contributed by atoms with Crippen molar-refractivity contribution >= 4 is 39.4 Å². The van der Waals surface area contributed by atoms with E-state index in [9.17, 15) is 19.2 Å². The van der Waals surface area contributed by atoms with Crippen molar-refractivity contribution in [1.82, 2.24) is 25.3 Å². The number of aromatic nitrogens is 2. The topological polar surface area (TPSA) is 113 Å². The Hall–Kier alpha value is -2.75. The Labute approximate surface area is 153 Å². The van der Waals surface area contributed by atoms with Gasteiger partial charge in [0.2, 0.25) is 0 Å². The van der Waals surface area contributed by atoms with Gasteiger partial charge in [-0.15, -0.1) is 11.3 Å². The predicted octanol–water partition coefficient (Wildman–Crippen LogP) is 0.772. The summed E-state index contributed by atoms with van der Waals surface area (Å²) in [6.45, 7) is 4.98. The van der Waals surface area contributed by atoms with Crippen molar-refractivity contribution in [2.75, 3.05) is 0 Å². The van der Waals surface area contributed by atoms with Crippen LogP contribution < -0.4 is 16.3 Å². The average molecular weight is 377 g/mol. The van der Waals surface area contributed by atoms with E-state index in [0.29, 0.717) is 21.6 Å². The van der Waals surface area contributed by atoms with Crippen LogP contribution in [-0.2, 0) is 22.6 Å². The normalized spacial score (nSPS) is 19.9. The molecule has 4 amide bonds. The van der Waals surface area contributed by atoms with Gasteiger partial charge < -0.3 is 5.32 Å². The molecule has 1 aliphatic rings. The standard InChI is InChI=1S/C16H19N5O4S/c1-4-9-6-10-12(26-9)17-8-20(13(10)23)7-11(22)19-21-14(24)16(3,5-2)18-15(21)25/h6,8H,4-5,7H2,1-3H3,(H,18,25)(H,19,22). The zero-order valence-corrected chi connectivity index (χ0v) is 15.5. The van der Waals surface area contributed by atoms with Crippen LogP contribution in [0, 0.1) is 0 Å². The van der Waals surface area contributed by atoms with Gasteiger partial charge in [0.1, 0.15) is 16.9 Å². The van der Waals surface area contributed by atoms with Crippen LogP contribution in [0.5, 0.6) is 0 Å². The Bertz CT molecular complexity index is 965. The second kappa shape index (κ2) is 6.52. The summed E-state index contributed by atoms with van der Waals surface area (Å²) >= 11 is 1.44. The molecule has 2 N–H and O–H groups in total. The molecule has 3 rings (SSSR count). The molecule has 2 aromatic rings. The highest BCUT2D eigenvalue weighted by Gasteiger charge is 2.47. The lowest BCUT2D eigenvalue weighted by atomic mass is 10.00. The van der Waals surface area contributed by atoms with E-state index in [0.717, 1.165) is 15.9 Å². The van der Waals surface area contributed by atoms with Crippen molar-refractivity contribution in [3.05, 3.63) is 27.6 Å². The number of nitrogens with zero attached hydrogens (tertiary/aromatic N) is 3. The third kappa shape index (κ3) is 2.96. The number of amides is 4. The van der Waals surface area contributed by atoms with E-state index in [1.54, 1.807) is 19.9 Å². The average Bonchev–Trinajstić information content (AvgIpc) is 3.13. The van der Waals surface area contributed by atoms with E-state index in [4.69, 9.17) is 0 Å². The highest BCUT2D eigenvalue weighted by Crippen LogP contribution is 2.21. The first-order chi connectivity index (χ1) is 12.3. The van der Waals surface area contributed by atoms with Crippen molar-refractivity contribution in [2.45, 2.75) is 45.7 Å². The molecule has 0 saturated carbocycles. The van der Waals surface area contributed by atoms with Crippen LogP contribution >= 0.6 is 11.3 Å². The third-order valence-corrected chi connectivity index (χ3v) is 5.62. The summed E-state index contributed by atoms with van der Waals surface area (Å²) in [5, 5.41) is 3.65. The predicted molar refractivity (Wildman–Crippen MR) is 95.5 cm³/mol. The summed E-state index contributed by atoms with van der Waals surface area (Å²) in [6, 6.07) is 1.08. The second-order valence-electron chi connectivity index (χ2n) is 6.25. The number of imide groups is 1. The number of carbonyl (C=O) groups is 3. The summed E-state index contributed by atoms with van der Waals surface area (Å²) in [4.78, 5) is 54.8. The molecule has 0 aromatic carbocycles. The summed E-state index contributed by atoms with van der Waals surface area (Å²) in [5.41, 5.74) is 0.873. The fraction of sp³-hybridized carbons (Fsp3) is 0.438. The Kier molecular flexibility index (Phi) is 4.53. The SMILES string of the molecule is CCc1cc2c(=O)n(CC(=O)NN3C(=O)NC(C)(CC)C3=O)cnc2s1. The van der Waals surface area contributed by atoms with E-state index >= 15 is 0 Å². The molecule has 1 atom stereocenters. The smallest absolute Gasteiger partial charge is 0.322 e. The second-order valence-corrected chi connectivity index (χ2v) is 7.37. The van der Waals surface area contributed by atoms with Crippen molar-refractivity contribution in [3.63, 3.8) is 0 Å². The van der Waals surface area contributed by atoms with Crippen LogP contribution in [0.3, 0.4) is 0 Å². The maximum Gasteiger partial charge on any atom is 0.344 e. The van der Waals surface area contributed by atoms with Crippen molar-refractivity contribution in [3.8, 4) is 0 Å². The molecule has 1 aliphatic heterocycles. The fourth-order valence-corrected chi connectivity index (χ4v) is 3.56. The van der Waals surface area contributed by atoms with Crippen LogP contribution in [0.4, 0.5) is 4.79 Å². The number of thiophene rings is 1. The van der Waals surface area contributed by atoms with E-state index in [1.807, 2.05) is 6.92 Å². The number of hydrazine groups is 1. The Morgan fingerprint density at radius 3 is 2.69 bits per heavy atom. The molecule has 0 spiro atoms. The molecule has 2 aromatic heterocycles. The third-order valence-electron chi connectivity index (χ3n) is 4.44. The van der Waals surface area contributed by atoms with Gasteiger partial charge in [0, 0.05) is 4.88 Å². The molecule has 0 bridgehead atoms. The van der Waals surface area contributed by atoms with Crippen LogP contribution in [0.25, 0.3) is 10.2 Å². The van der Waals surface area contributed by atoms with E-state index in [2.05, 4.69) is 15.7 Å². The lowest BCUT2D eigenvalue weighted by Gasteiger charge is -2.19. The van der Waals surface area contributed by atoms with Gasteiger partial charge in [-0.05, 0) is 25.8 Å². The monoisotopic (exact) mass is 377 g/mol. The molecule has 3 heterocycles. The minimum Gasteiger partial charge on any atom is -0.322 e. The summed E-state index contributed by atoms with van der Waals surface area (Å²) in [7, 11) is 0. The maximum atomic E-state index is 12.5. The van der Waals surface area contributed by atoms with E-state index in [-0.39, 0.29) is 12.1 Å². The summed E-state index contributed by atoms with van der Waals surface area (Å²) < 4.78 is 1.15. The Morgan fingerprint density at radius 1 is 1.35 bits per heavy atom. The van der Waals surface area contributed by atoms with Crippen LogP contribution in [0.2, 0.25) is 0 Å². The number of aryl methyl sites for hydroxylation is 1. The number of nitrogens with one attached hydrogen (secondary N) is 2. The lowest BCUT2D eigenvalue weighted by molar-refractivity contribution is -0.139. The first-order valence-electron chi connectivity index (χ1n) is 8.23. The number of fused-ring (bicyclic) bond motifs is 1. The van der Waals surface area contributed by atoms with Crippen molar-refractivity contribution in [2.24, 2.45) is 0 Å². The molecule has 26 heavy (non-hydrogen) atoms. The number of urea groups is 1. The molecule has 1 fully saturated rings. The van der Waals surface area contributed by atoms with Crippen LogP contribution in [0.15, 0.2) is 17.2 Å². The molecule has 0 radical (unpaired) electrons. The first kappa shape index (κ1) is 18.1. The summed E-state index contributed by atoms with van der Waals surface area (Å²) in [6.07, 6.45) is 2.48. The fourth-order valence-electron chi connectivity index (χ4n) is 2.64. The highest BCUT2D eigenvalue weighted by atomic mass is 32.1. The number of rotatable bonds is 5. The first-order valence-corrected chi connectivity index (χ1v) is 9.04. The largest absolute Gasteiger partial charge is 0.344 e. The Morgan fingerprint density at radius 2 is 2.08 bits per heavy atom. The Balaban J connectivity index is 1.77. The van der Waals surface area contributed by atoms with Crippen LogP contribution in [0.1, 0.15) is 32.1 Å². The molecule has 1 saturated heterocycles.